The van der Waals surface area contributed by atoms with Crippen LogP contribution in [0.2, 0.25) is 0 Å². The number of benzene rings is 1. The quantitative estimate of drug-likeness (QED) is 0.390. The van der Waals surface area contributed by atoms with Gasteiger partial charge in [-0.15, -0.1) is 4.40 Å². The van der Waals surface area contributed by atoms with E-state index in [4.69, 9.17) is 0 Å². The smallest absolute Gasteiger partial charge is 0.283 e. The van der Waals surface area contributed by atoms with Gasteiger partial charge >= 0.3 is 0 Å². The lowest BCUT2D eigenvalue weighted by Crippen LogP contribution is -2.31. The molecule has 0 aliphatic carbocycles. The predicted molar refractivity (Wildman–Crippen MR) is 92.7 cm³/mol. The molecule has 5 heteroatoms. The monoisotopic (exact) mass is 324 g/mol. The van der Waals surface area contributed by atoms with Crippen molar-refractivity contribution in [1.82, 2.24) is 4.90 Å². The second-order valence-electron chi connectivity index (χ2n) is 5.28. The number of rotatable bonds is 9. The van der Waals surface area contributed by atoms with E-state index in [1.165, 1.54) is 12.8 Å². The second-order valence-corrected chi connectivity index (χ2v) is 6.88. The van der Waals surface area contributed by atoms with E-state index in [1.54, 1.807) is 30.3 Å². The lowest BCUT2D eigenvalue weighted by atomic mass is 10.1. The van der Waals surface area contributed by atoms with Crippen LogP contribution < -0.4 is 0 Å². The minimum Gasteiger partial charge on any atom is -0.360 e. The summed E-state index contributed by atoms with van der Waals surface area (Å²) >= 11 is 0. The number of amidine groups is 1. The molecule has 0 bridgehead atoms. The van der Waals surface area contributed by atoms with Gasteiger partial charge in [-0.3, -0.25) is 0 Å². The van der Waals surface area contributed by atoms with E-state index < -0.39 is 10.0 Å². The van der Waals surface area contributed by atoms with Crippen LogP contribution in [0.3, 0.4) is 0 Å². The Morgan fingerprint density at radius 1 is 1.00 bits per heavy atom. The summed E-state index contributed by atoms with van der Waals surface area (Å²) in [6.07, 6.45) is 5.15. The molecule has 0 fully saturated rings. The summed E-state index contributed by atoms with van der Waals surface area (Å²) in [7, 11) is -3.62. The molecule has 0 aromatic heterocycles. The molecule has 1 aromatic rings. The van der Waals surface area contributed by atoms with E-state index in [2.05, 4.69) is 11.3 Å². The van der Waals surface area contributed by atoms with Crippen molar-refractivity contribution in [3.05, 3.63) is 30.3 Å². The van der Waals surface area contributed by atoms with Crippen LogP contribution >= 0.6 is 0 Å². The van der Waals surface area contributed by atoms with Gasteiger partial charge in [-0.05, 0) is 32.4 Å². The van der Waals surface area contributed by atoms with Crippen molar-refractivity contribution in [2.45, 2.75) is 57.8 Å². The average molecular weight is 324 g/mol. The van der Waals surface area contributed by atoms with Crippen molar-refractivity contribution in [3.63, 3.8) is 0 Å². The van der Waals surface area contributed by atoms with Crippen LogP contribution in [0.25, 0.3) is 0 Å². The number of sulfonamides is 1. The van der Waals surface area contributed by atoms with Gasteiger partial charge < -0.3 is 4.90 Å². The third-order valence-electron chi connectivity index (χ3n) is 3.65. The van der Waals surface area contributed by atoms with Crippen LogP contribution in [0.5, 0.6) is 0 Å². The van der Waals surface area contributed by atoms with Gasteiger partial charge in [0.05, 0.1) is 4.90 Å². The third-order valence-corrected chi connectivity index (χ3v) is 4.97. The Labute approximate surface area is 135 Å². The highest BCUT2D eigenvalue weighted by molar-refractivity contribution is 7.90. The Kier molecular flexibility index (Phi) is 8.17. The summed E-state index contributed by atoms with van der Waals surface area (Å²) in [5.74, 6) is 0.685. The molecule has 0 saturated carbocycles. The Bertz CT molecular complexity index is 549. The van der Waals surface area contributed by atoms with Crippen molar-refractivity contribution in [2.75, 3.05) is 13.1 Å². The first-order valence-electron chi connectivity index (χ1n) is 8.19. The number of nitrogens with zero attached hydrogens (tertiary/aromatic N) is 2. The molecule has 124 valence electrons. The number of unbranched alkanes of at least 4 members (excludes halogenated alkanes) is 3. The van der Waals surface area contributed by atoms with Crippen LogP contribution in [0, 0.1) is 0 Å². The normalized spacial score (nSPS) is 12.4. The van der Waals surface area contributed by atoms with Gasteiger partial charge in [0.25, 0.3) is 10.0 Å². The number of hydrogen-bond acceptors (Lipinski definition) is 2. The molecule has 0 heterocycles. The van der Waals surface area contributed by atoms with Gasteiger partial charge in [0.1, 0.15) is 5.84 Å². The Hall–Kier alpha value is -1.36. The maximum atomic E-state index is 12.5. The fourth-order valence-corrected chi connectivity index (χ4v) is 3.43. The molecule has 0 amide bonds. The maximum Gasteiger partial charge on any atom is 0.283 e. The fourth-order valence-electron chi connectivity index (χ4n) is 2.34. The zero-order chi connectivity index (χ0) is 16.4. The van der Waals surface area contributed by atoms with E-state index in [9.17, 15) is 8.42 Å². The molecule has 0 unspecified atom stereocenters. The van der Waals surface area contributed by atoms with Gasteiger partial charge in [-0.2, -0.15) is 8.42 Å². The van der Waals surface area contributed by atoms with E-state index in [0.717, 1.165) is 25.9 Å². The lowest BCUT2D eigenvalue weighted by molar-refractivity contribution is 0.451. The molecule has 1 rings (SSSR count). The van der Waals surface area contributed by atoms with Crippen molar-refractivity contribution in [3.8, 4) is 0 Å². The molecule has 0 radical (unpaired) electrons. The summed E-state index contributed by atoms with van der Waals surface area (Å²) in [5.41, 5.74) is 0. The van der Waals surface area contributed by atoms with Crippen LogP contribution in [0.15, 0.2) is 39.6 Å². The fraction of sp³-hybridized carbons (Fsp3) is 0.588. The van der Waals surface area contributed by atoms with Crippen molar-refractivity contribution in [1.29, 1.82) is 0 Å². The first-order valence-corrected chi connectivity index (χ1v) is 9.63. The molecule has 22 heavy (non-hydrogen) atoms. The topological polar surface area (TPSA) is 49.7 Å². The van der Waals surface area contributed by atoms with Crippen LogP contribution in [-0.2, 0) is 10.0 Å². The lowest BCUT2D eigenvalue weighted by Gasteiger charge is -2.23. The predicted octanol–water partition coefficient (Wildman–Crippen LogP) is 4.09. The van der Waals surface area contributed by atoms with Crippen molar-refractivity contribution < 1.29 is 8.42 Å². The highest BCUT2D eigenvalue weighted by atomic mass is 32.2. The van der Waals surface area contributed by atoms with Gasteiger partial charge in [0.2, 0.25) is 0 Å². The highest BCUT2D eigenvalue weighted by Gasteiger charge is 2.16. The van der Waals surface area contributed by atoms with Crippen LogP contribution in [0.4, 0.5) is 0 Å². The summed E-state index contributed by atoms with van der Waals surface area (Å²) in [4.78, 5) is 2.29. The van der Waals surface area contributed by atoms with Crippen LogP contribution in [-0.4, -0.2) is 32.2 Å². The number of hydrogen-bond donors (Lipinski definition) is 0. The molecule has 0 N–H and O–H groups in total. The average Bonchev–Trinajstić information content (AvgIpc) is 2.53. The van der Waals surface area contributed by atoms with Crippen LogP contribution in [0.1, 0.15) is 52.9 Å². The molecular weight excluding hydrogens is 296 g/mol. The van der Waals surface area contributed by atoms with Gasteiger partial charge in [0.15, 0.2) is 0 Å². The van der Waals surface area contributed by atoms with E-state index in [1.807, 2.05) is 18.7 Å². The Morgan fingerprint density at radius 3 is 2.18 bits per heavy atom. The van der Waals surface area contributed by atoms with E-state index in [-0.39, 0.29) is 4.90 Å². The minimum absolute atomic E-state index is 0.258. The largest absolute Gasteiger partial charge is 0.360 e. The van der Waals surface area contributed by atoms with Crippen molar-refractivity contribution >= 4 is 15.9 Å². The standard InChI is InChI=1S/C17H28N2O2S/c1-4-7-8-12-15-17(19(5-2)6-3)18-22(20,21)16-13-10-9-11-14-16/h9-11,13-14H,4-8,12,15H2,1-3H3/b18-17-. The van der Waals surface area contributed by atoms with Crippen molar-refractivity contribution in [2.24, 2.45) is 4.40 Å². The summed E-state index contributed by atoms with van der Waals surface area (Å²) in [5, 5.41) is 0. The minimum atomic E-state index is -3.62. The summed E-state index contributed by atoms with van der Waals surface area (Å²) < 4.78 is 29.0. The molecule has 1 aromatic carbocycles. The molecular formula is C17H28N2O2S. The molecule has 0 spiro atoms. The van der Waals surface area contributed by atoms with Gasteiger partial charge in [0, 0.05) is 19.5 Å². The maximum absolute atomic E-state index is 12.5. The SMILES string of the molecule is CCCCCC/C(=N/S(=O)(=O)c1ccccc1)N(CC)CC. The van der Waals surface area contributed by atoms with E-state index in [0.29, 0.717) is 12.3 Å². The summed E-state index contributed by atoms with van der Waals surface area (Å²) in [6.45, 7) is 7.76. The van der Waals surface area contributed by atoms with Gasteiger partial charge in [-0.1, -0.05) is 44.4 Å². The first kappa shape index (κ1) is 18.7. The zero-order valence-corrected chi connectivity index (χ0v) is 14.8. The van der Waals surface area contributed by atoms with E-state index >= 15 is 0 Å². The summed E-state index contributed by atoms with van der Waals surface area (Å²) in [6, 6.07) is 8.44. The Balaban J connectivity index is 2.98. The molecule has 0 aliphatic heterocycles. The molecule has 0 aliphatic rings. The molecule has 4 nitrogen and oxygen atoms in total. The highest BCUT2D eigenvalue weighted by Crippen LogP contribution is 2.15. The first-order chi connectivity index (χ1) is 10.5. The second kappa shape index (κ2) is 9.62. The molecule has 0 atom stereocenters. The molecule has 0 saturated heterocycles. The zero-order valence-electron chi connectivity index (χ0n) is 14.0. The Morgan fingerprint density at radius 2 is 1.64 bits per heavy atom. The van der Waals surface area contributed by atoms with Gasteiger partial charge in [-0.25, -0.2) is 0 Å². The third kappa shape index (κ3) is 5.79.